The lowest BCUT2D eigenvalue weighted by Crippen LogP contribution is -2.23. The zero-order valence-corrected chi connectivity index (χ0v) is 22.4. The first-order chi connectivity index (χ1) is 17.8. The fourth-order valence-corrected chi connectivity index (χ4v) is 5.45. The van der Waals surface area contributed by atoms with Crippen molar-refractivity contribution in [3.63, 3.8) is 0 Å². The molecular formula is C28H27N3O4S2. The molecule has 0 spiro atoms. The van der Waals surface area contributed by atoms with Gasteiger partial charge in [-0.1, -0.05) is 47.7 Å². The highest BCUT2D eigenvalue weighted by Gasteiger charge is 2.18. The van der Waals surface area contributed by atoms with E-state index in [1.165, 1.54) is 23.1 Å². The molecule has 1 N–H and O–H groups in total. The molecule has 0 bridgehead atoms. The van der Waals surface area contributed by atoms with E-state index in [4.69, 9.17) is 9.72 Å². The van der Waals surface area contributed by atoms with E-state index < -0.39 is 5.97 Å². The average molecular weight is 534 g/mol. The topological polar surface area (TPSA) is 90.3 Å². The van der Waals surface area contributed by atoms with Crippen LogP contribution in [0.25, 0.3) is 21.3 Å². The zero-order valence-electron chi connectivity index (χ0n) is 20.8. The number of ether oxygens (including phenoxy) is 1. The van der Waals surface area contributed by atoms with Crippen LogP contribution in [0.3, 0.4) is 0 Å². The monoisotopic (exact) mass is 533 g/mol. The minimum atomic E-state index is -0.413. The summed E-state index contributed by atoms with van der Waals surface area (Å²) in [5, 5.41) is 5.78. The molecule has 2 heterocycles. The number of hydrogen-bond donors (Lipinski definition) is 1. The largest absolute Gasteiger partial charge is 0.459 e. The van der Waals surface area contributed by atoms with E-state index in [0.717, 1.165) is 16.7 Å². The Morgan fingerprint density at radius 3 is 2.51 bits per heavy atom. The lowest BCUT2D eigenvalue weighted by atomic mass is 10.1. The van der Waals surface area contributed by atoms with Crippen molar-refractivity contribution in [2.24, 2.45) is 0 Å². The number of hydrogen-bond acceptors (Lipinski definition) is 7. The van der Waals surface area contributed by atoms with E-state index in [1.54, 1.807) is 48.8 Å². The van der Waals surface area contributed by atoms with Crippen molar-refractivity contribution in [2.45, 2.75) is 38.6 Å². The van der Waals surface area contributed by atoms with Crippen molar-refractivity contribution in [1.29, 1.82) is 0 Å². The maximum atomic E-state index is 13.5. The molecule has 0 saturated heterocycles. The molecule has 0 saturated carbocycles. The van der Waals surface area contributed by atoms with Crippen molar-refractivity contribution in [2.75, 3.05) is 11.1 Å². The molecular weight excluding hydrogens is 506 g/mol. The van der Waals surface area contributed by atoms with Gasteiger partial charge in [0, 0.05) is 23.2 Å². The number of esters is 1. The molecule has 0 aliphatic carbocycles. The summed E-state index contributed by atoms with van der Waals surface area (Å²) >= 11 is 2.60. The summed E-state index contributed by atoms with van der Waals surface area (Å²) in [4.78, 5) is 43.5. The lowest BCUT2D eigenvalue weighted by molar-refractivity contribution is -0.113. The summed E-state index contributed by atoms with van der Waals surface area (Å²) in [6.07, 6.45) is 1.43. The molecule has 0 aliphatic heterocycles. The Balaban J connectivity index is 1.51. The number of fused-ring (bicyclic) bond motifs is 1. The standard InChI is InChI=1S/C28H27N3O4S2/c1-5-14-31-26(33)24-22(19-8-6-18(4)7-9-19)15-36-25(24)30-28(31)37-16-23(32)29-21-12-10-20(11-13-21)27(34)35-17(2)3/h5-13,15,17H,1,14,16H2,2-4H3,(H,29,32). The number of thiophene rings is 1. The van der Waals surface area contributed by atoms with Crippen LogP contribution in [0.4, 0.5) is 5.69 Å². The summed E-state index contributed by atoms with van der Waals surface area (Å²) in [5.41, 5.74) is 3.77. The quantitative estimate of drug-likeness (QED) is 0.124. The number of nitrogens with zero attached hydrogens (tertiary/aromatic N) is 2. The molecule has 9 heteroatoms. The normalized spacial score (nSPS) is 11.0. The van der Waals surface area contributed by atoms with Crippen molar-refractivity contribution in [1.82, 2.24) is 9.55 Å². The third-order valence-electron chi connectivity index (χ3n) is 5.41. The van der Waals surface area contributed by atoms with Gasteiger partial charge < -0.3 is 10.1 Å². The maximum absolute atomic E-state index is 13.5. The van der Waals surface area contributed by atoms with Crippen molar-refractivity contribution >= 4 is 50.9 Å². The summed E-state index contributed by atoms with van der Waals surface area (Å²) < 4.78 is 6.73. The molecule has 4 aromatic rings. The van der Waals surface area contributed by atoms with Crippen molar-refractivity contribution in [3.05, 3.63) is 88.0 Å². The number of aryl methyl sites for hydroxylation is 1. The molecule has 0 radical (unpaired) electrons. The second-order valence-corrected chi connectivity index (χ2v) is 10.5. The fourth-order valence-electron chi connectivity index (χ4n) is 3.65. The number of allylic oxidation sites excluding steroid dienone is 1. The fraction of sp³-hybridized carbons (Fsp3) is 0.214. The van der Waals surface area contributed by atoms with E-state index in [2.05, 4.69) is 11.9 Å². The molecule has 190 valence electrons. The number of anilines is 1. The summed E-state index contributed by atoms with van der Waals surface area (Å²) in [6, 6.07) is 14.5. The molecule has 2 aromatic carbocycles. The zero-order chi connectivity index (χ0) is 26.5. The van der Waals surface area contributed by atoms with E-state index in [0.29, 0.717) is 26.6 Å². The van der Waals surface area contributed by atoms with Crippen molar-refractivity contribution < 1.29 is 14.3 Å². The number of thioether (sulfide) groups is 1. The van der Waals surface area contributed by atoms with Gasteiger partial charge in [-0.3, -0.25) is 14.2 Å². The average Bonchev–Trinajstić information content (AvgIpc) is 3.29. The van der Waals surface area contributed by atoms with Gasteiger partial charge in [-0.05, 0) is 50.6 Å². The van der Waals surface area contributed by atoms with Crippen LogP contribution in [0.2, 0.25) is 0 Å². The van der Waals surface area contributed by atoms with E-state index in [-0.39, 0.29) is 29.9 Å². The minimum absolute atomic E-state index is 0.0580. The second kappa shape index (κ2) is 11.6. The number of aromatic nitrogens is 2. The first kappa shape index (κ1) is 26.4. The van der Waals surface area contributed by atoms with Crippen LogP contribution in [-0.4, -0.2) is 33.3 Å². The van der Waals surface area contributed by atoms with Gasteiger partial charge in [0.15, 0.2) is 5.16 Å². The third-order valence-corrected chi connectivity index (χ3v) is 7.26. The summed E-state index contributed by atoms with van der Waals surface area (Å²) in [6.45, 7) is 9.65. The number of amides is 1. The number of rotatable bonds is 9. The van der Waals surface area contributed by atoms with Gasteiger partial charge in [0.25, 0.3) is 5.56 Å². The van der Waals surface area contributed by atoms with Crippen LogP contribution in [0, 0.1) is 6.92 Å². The lowest BCUT2D eigenvalue weighted by Gasteiger charge is -2.11. The number of carbonyl (C=O) groups is 2. The van der Waals surface area contributed by atoms with Gasteiger partial charge >= 0.3 is 5.97 Å². The first-order valence-corrected chi connectivity index (χ1v) is 13.6. The van der Waals surface area contributed by atoms with Gasteiger partial charge in [-0.25, -0.2) is 9.78 Å². The molecule has 37 heavy (non-hydrogen) atoms. The minimum Gasteiger partial charge on any atom is -0.459 e. The highest BCUT2D eigenvalue weighted by Crippen LogP contribution is 2.32. The number of benzene rings is 2. The molecule has 0 atom stereocenters. The van der Waals surface area contributed by atoms with Gasteiger partial charge in [0.1, 0.15) is 4.83 Å². The van der Waals surface area contributed by atoms with Crippen LogP contribution in [-0.2, 0) is 16.1 Å². The molecule has 0 fully saturated rings. The van der Waals surface area contributed by atoms with Gasteiger partial charge in [-0.15, -0.1) is 17.9 Å². The summed E-state index contributed by atoms with van der Waals surface area (Å²) in [7, 11) is 0. The molecule has 2 aromatic heterocycles. The molecule has 0 aliphatic rings. The molecule has 0 unspecified atom stereocenters. The predicted octanol–water partition coefficient (Wildman–Crippen LogP) is 5.92. The molecule has 4 rings (SSSR count). The third kappa shape index (κ3) is 6.18. The van der Waals surface area contributed by atoms with Crippen molar-refractivity contribution in [3.8, 4) is 11.1 Å². The van der Waals surface area contributed by atoms with Crippen LogP contribution in [0.15, 0.2) is 76.5 Å². The van der Waals surface area contributed by atoms with E-state index in [1.807, 2.05) is 36.6 Å². The highest BCUT2D eigenvalue weighted by molar-refractivity contribution is 7.99. The second-order valence-electron chi connectivity index (χ2n) is 8.66. The van der Waals surface area contributed by atoms with Crippen LogP contribution in [0.1, 0.15) is 29.8 Å². The van der Waals surface area contributed by atoms with Gasteiger partial charge in [-0.2, -0.15) is 0 Å². The number of carbonyl (C=O) groups excluding carboxylic acids is 2. The van der Waals surface area contributed by atoms with Crippen LogP contribution in [0.5, 0.6) is 0 Å². The number of nitrogens with one attached hydrogen (secondary N) is 1. The maximum Gasteiger partial charge on any atom is 0.338 e. The van der Waals surface area contributed by atoms with E-state index in [9.17, 15) is 14.4 Å². The van der Waals surface area contributed by atoms with Gasteiger partial charge in [0.05, 0.1) is 22.8 Å². The Morgan fingerprint density at radius 2 is 1.86 bits per heavy atom. The Hall–Kier alpha value is -3.69. The van der Waals surface area contributed by atoms with Gasteiger partial charge in [0.2, 0.25) is 5.91 Å². The Morgan fingerprint density at radius 1 is 1.16 bits per heavy atom. The smallest absolute Gasteiger partial charge is 0.338 e. The predicted molar refractivity (Wildman–Crippen MR) is 151 cm³/mol. The van der Waals surface area contributed by atoms with Crippen LogP contribution < -0.4 is 10.9 Å². The Labute approximate surface area is 223 Å². The Kier molecular flexibility index (Phi) is 8.25. The Bertz CT molecular complexity index is 1500. The first-order valence-electron chi connectivity index (χ1n) is 11.7. The summed E-state index contributed by atoms with van der Waals surface area (Å²) in [5.74, 6) is -0.611. The highest BCUT2D eigenvalue weighted by atomic mass is 32.2. The molecule has 7 nitrogen and oxygen atoms in total. The van der Waals surface area contributed by atoms with E-state index >= 15 is 0 Å². The molecule has 1 amide bonds. The van der Waals surface area contributed by atoms with Crippen LogP contribution >= 0.6 is 23.1 Å². The SMILES string of the molecule is C=CCn1c(SCC(=O)Nc2ccc(C(=O)OC(C)C)cc2)nc2scc(-c3ccc(C)cc3)c2c1=O.